The molecular formula is C20H28N4O. The average Bonchev–Trinajstić information content (AvgIpc) is 2.88. The van der Waals surface area contributed by atoms with Crippen molar-refractivity contribution in [1.29, 1.82) is 0 Å². The minimum Gasteiger partial charge on any atom is -0.372 e. The summed E-state index contributed by atoms with van der Waals surface area (Å²) >= 11 is 0. The maximum Gasteiger partial charge on any atom is 0.257 e. The van der Waals surface area contributed by atoms with Crippen molar-refractivity contribution in [2.75, 3.05) is 25.0 Å². The Morgan fingerprint density at radius 2 is 1.76 bits per heavy atom. The minimum atomic E-state index is 0.0307. The maximum absolute atomic E-state index is 12.8. The normalized spacial score (nSPS) is 14.6. The van der Waals surface area contributed by atoms with Crippen LogP contribution in [0.1, 0.15) is 46.6 Å². The highest BCUT2D eigenvalue weighted by molar-refractivity contribution is 5.96. The lowest BCUT2D eigenvalue weighted by atomic mass is 10.1. The molecule has 0 N–H and O–H groups in total. The van der Waals surface area contributed by atoms with E-state index < -0.39 is 0 Å². The molecule has 134 valence electrons. The van der Waals surface area contributed by atoms with Gasteiger partial charge in [0.25, 0.3) is 5.91 Å². The number of amides is 1. The molecule has 1 aliphatic rings. The Labute approximate surface area is 150 Å². The average molecular weight is 340 g/mol. The van der Waals surface area contributed by atoms with Gasteiger partial charge in [0.05, 0.1) is 11.3 Å². The molecule has 0 bridgehead atoms. The minimum absolute atomic E-state index is 0.0307. The van der Waals surface area contributed by atoms with Gasteiger partial charge >= 0.3 is 0 Å². The third-order valence-corrected chi connectivity index (χ3v) is 5.15. The molecule has 0 unspecified atom stereocenters. The van der Waals surface area contributed by atoms with Crippen LogP contribution in [0, 0.1) is 13.8 Å². The second-order valence-corrected chi connectivity index (χ2v) is 7.04. The zero-order chi connectivity index (χ0) is 18.0. The van der Waals surface area contributed by atoms with Gasteiger partial charge < -0.3 is 9.80 Å². The van der Waals surface area contributed by atoms with Crippen molar-refractivity contribution < 1.29 is 4.79 Å². The molecule has 2 aromatic rings. The molecule has 25 heavy (non-hydrogen) atoms. The van der Waals surface area contributed by atoms with Gasteiger partial charge in [0.15, 0.2) is 0 Å². The number of aryl methyl sites for hydroxylation is 2. The second kappa shape index (κ2) is 7.30. The number of benzene rings is 1. The topological polar surface area (TPSA) is 41.4 Å². The summed E-state index contributed by atoms with van der Waals surface area (Å²) in [4.78, 5) is 17.0. The highest BCUT2D eigenvalue weighted by atomic mass is 16.2. The maximum atomic E-state index is 12.8. The number of carbonyl (C=O) groups is 1. The number of rotatable bonds is 4. The van der Waals surface area contributed by atoms with Gasteiger partial charge in [-0.05, 0) is 50.8 Å². The molecule has 0 radical (unpaired) electrons. The standard InChI is InChI=1S/C20H28N4O/c1-15-19(16(2)23(4)21-15)20(25)22(3)14-17-8-10-18(11-9-17)24-12-6-5-7-13-24/h8-11H,5-7,12-14H2,1-4H3. The van der Waals surface area contributed by atoms with Crippen LogP contribution in [-0.4, -0.2) is 40.7 Å². The van der Waals surface area contributed by atoms with E-state index in [-0.39, 0.29) is 5.91 Å². The van der Waals surface area contributed by atoms with E-state index in [0.29, 0.717) is 6.54 Å². The van der Waals surface area contributed by atoms with E-state index >= 15 is 0 Å². The zero-order valence-electron chi connectivity index (χ0n) is 15.7. The highest BCUT2D eigenvalue weighted by Crippen LogP contribution is 2.21. The van der Waals surface area contributed by atoms with E-state index in [1.54, 1.807) is 9.58 Å². The van der Waals surface area contributed by atoms with Crippen molar-refractivity contribution in [3.63, 3.8) is 0 Å². The fraction of sp³-hybridized carbons (Fsp3) is 0.500. The SMILES string of the molecule is Cc1nn(C)c(C)c1C(=O)N(C)Cc1ccc(N2CCCCC2)cc1. The number of carbonyl (C=O) groups excluding carboxylic acids is 1. The van der Waals surface area contributed by atoms with E-state index in [9.17, 15) is 4.79 Å². The summed E-state index contributed by atoms with van der Waals surface area (Å²) in [6.07, 6.45) is 3.90. The molecule has 0 saturated carbocycles. The van der Waals surface area contributed by atoms with Crippen molar-refractivity contribution in [1.82, 2.24) is 14.7 Å². The Hall–Kier alpha value is -2.30. The molecular weight excluding hydrogens is 312 g/mol. The lowest BCUT2D eigenvalue weighted by Gasteiger charge is -2.29. The number of aromatic nitrogens is 2. The molecule has 2 heterocycles. The first-order valence-electron chi connectivity index (χ1n) is 9.07. The van der Waals surface area contributed by atoms with E-state index in [4.69, 9.17) is 0 Å². The van der Waals surface area contributed by atoms with E-state index in [2.05, 4.69) is 34.3 Å². The lowest BCUT2D eigenvalue weighted by Crippen LogP contribution is -2.29. The smallest absolute Gasteiger partial charge is 0.257 e. The molecule has 1 saturated heterocycles. The molecule has 3 rings (SSSR count). The Kier molecular flexibility index (Phi) is 5.11. The van der Waals surface area contributed by atoms with Gasteiger partial charge in [0.2, 0.25) is 0 Å². The molecule has 5 heteroatoms. The number of nitrogens with zero attached hydrogens (tertiary/aromatic N) is 4. The Morgan fingerprint density at radius 1 is 1.12 bits per heavy atom. The van der Waals surface area contributed by atoms with Crippen LogP contribution in [-0.2, 0) is 13.6 Å². The van der Waals surface area contributed by atoms with Crippen LogP contribution in [0.25, 0.3) is 0 Å². The van der Waals surface area contributed by atoms with Crippen molar-refractivity contribution in [3.8, 4) is 0 Å². The van der Waals surface area contributed by atoms with Crippen LogP contribution in [0.3, 0.4) is 0 Å². The predicted octanol–water partition coefficient (Wildman–Crippen LogP) is 3.30. The molecule has 1 aliphatic heterocycles. The third kappa shape index (κ3) is 3.70. The summed E-state index contributed by atoms with van der Waals surface area (Å²) in [6.45, 7) is 6.73. The number of piperidine rings is 1. The summed E-state index contributed by atoms with van der Waals surface area (Å²) in [5.74, 6) is 0.0307. The van der Waals surface area contributed by atoms with Crippen molar-refractivity contribution in [2.24, 2.45) is 7.05 Å². The molecule has 1 aromatic carbocycles. The molecule has 0 atom stereocenters. The molecule has 0 aliphatic carbocycles. The highest BCUT2D eigenvalue weighted by Gasteiger charge is 2.21. The fourth-order valence-corrected chi connectivity index (χ4v) is 3.58. The number of hydrogen-bond acceptors (Lipinski definition) is 3. The van der Waals surface area contributed by atoms with Crippen LogP contribution >= 0.6 is 0 Å². The summed E-state index contributed by atoms with van der Waals surface area (Å²) in [5, 5.41) is 4.35. The predicted molar refractivity (Wildman–Crippen MR) is 101 cm³/mol. The van der Waals surface area contributed by atoms with Crippen LogP contribution in [0.15, 0.2) is 24.3 Å². The van der Waals surface area contributed by atoms with E-state index in [1.807, 2.05) is 27.9 Å². The summed E-state index contributed by atoms with van der Waals surface area (Å²) in [5.41, 5.74) is 4.86. The molecule has 5 nitrogen and oxygen atoms in total. The van der Waals surface area contributed by atoms with E-state index in [1.165, 1.54) is 24.9 Å². The number of anilines is 1. The number of hydrogen-bond donors (Lipinski definition) is 0. The van der Waals surface area contributed by atoms with Crippen LogP contribution in [0.5, 0.6) is 0 Å². The Bertz CT molecular complexity index is 742. The molecule has 1 amide bonds. The third-order valence-electron chi connectivity index (χ3n) is 5.15. The van der Waals surface area contributed by atoms with Crippen LogP contribution < -0.4 is 4.90 Å². The first-order valence-corrected chi connectivity index (χ1v) is 9.07. The summed E-state index contributed by atoms with van der Waals surface area (Å²) in [7, 11) is 3.73. The molecule has 0 spiro atoms. The van der Waals surface area contributed by atoms with Gasteiger partial charge in [-0.2, -0.15) is 5.10 Å². The van der Waals surface area contributed by atoms with Gasteiger partial charge in [0, 0.05) is 45.1 Å². The van der Waals surface area contributed by atoms with E-state index in [0.717, 1.165) is 35.6 Å². The molecule has 1 aromatic heterocycles. The molecule has 1 fully saturated rings. The summed E-state index contributed by atoms with van der Waals surface area (Å²) in [6, 6.07) is 8.63. The fourth-order valence-electron chi connectivity index (χ4n) is 3.58. The van der Waals surface area contributed by atoms with Crippen molar-refractivity contribution in [3.05, 3.63) is 46.8 Å². The Balaban J connectivity index is 1.68. The van der Waals surface area contributed by atoms with Gasteiger partial charge in [-0.3, -0.25) is 9.48 Å². The Morgan fingerprint density at radius 3 is 2.32 bits per heavy atom. The zero-order valence-corrected chi connectivity index (χ0v) is 15.7. The first kappa shape index (κ1) is 17.5. The quantitative estimate of drug-likeness (QED) is 0.857. The van der Waals surface area contributed by atoms with Gasteiger partial charge in [-0.15, -0.1) is 0 Å². The first-order chi connectivity index (χ1) is 12.0. The van der Waals surface area contributed by atoms with Crippen LogP contribution in [0.4, 0.5) is 5.69 Å². The van der Waals surface area contributed by atoms with Gasteiger partial charge in [-0.1, -0.05) is 12.1 Å². The second-order valence-electron chi connectivity index (χ2n) is 7.04. The van der Waals surface area contributed by atoms with Gasteiger partial charge in [-0.25, -0.2) is 0 Å². The lowest BCUT2D eigenvalue weighted by molar-refractivity contribution is 0.0783. The van der Waals surface area contributed by atoms with Gasteiger partial charge in [0.1, 0.15) is 0 Å². The summed E-state index contributed by atoms with van der Waals surface area (Å²) < 4.78 is 1.77. The van der Waals surface area contributed by atoms with Crippen molar-refractivity contribution in [2.45, 2.75) is 39.7 Å². The largest absolute Gasteiger partial charge is 0.372 e. The van der Waals surface area contributed by atoms with Crippen molar-refractivity contribution >= 4 is 11.6 Å². The monoisotopic (exact) mass is 340 g/mol. The van der Waals surface area contributed by atoms with Crippen LogP contribution in [0.2, 0.25) is 0 Å².